The van der Waals surface area contributed by atoms with Crippen LogP contribution in [0.2, 0.25) is 0 Å². The van der Waals surface area contributed by atoms with Crippen LogP contribution in [-0.4, -0.2) is 5.97 Å². The fourth-order valence-corrected chi connectivity index (χ4v) is 1.63. The van der Waals surface area contributed by atoms with Gasteiger partial charge in [0.25, 0.3) is 0 Å². The zero-order valence-electron chi connectivity index (χ0n) is 10.3. The van der Waals surface area contributed by atoms with Crippen LogP contribution in [0.4, 0.5) is 8.78 Å². The van der Waals surface area contributed by atoms with Crippen LogP contribution in [0.1, 0.15) is 21.5 Å². The van der Waals surface area contributed by atoms with Gasteiger partial charge in [0.15, 0.2) is 0 Å². The number of hydrogen-bond acceptors (Lipinski definition) is 3. The predicted octanol–water partition coefficient (Wildman–Crippen LogP) is 3.19. The Labute approximate surface area is 114 Å². The van der Waals surface area contributed by atoms with E-state index in [4.69, 9.17) is 10.00 Å². The second kappa shape index (κ2) is 5.93. The average molecular weight is 273 g/mol. The summed E-state index contributed by atoms with van der Waals surface area (Å²) in [7, 11) is 0. The summed E-state index contributed by atoms with van der Waals surface area (Å²) in [4.78, 5) is 11.7. The minimum atomic E-state index is -0.844. The maximum absolute atomic E-state index is 13.0. The quantitative estimate of drug-likeness (QED) is 0.807. The zero-order valence-corrected chi connectivity index (χ0v) is 10.3. The smallest absolute Gasteiger partial charge is 0.338 e. The summed E-state index contributed by atoms with van der Waals surface area (Å²) >= 11 is 0. The van der Waals surface area contributed by atoms with Gasteiger partial charge in [-0.2, -0.15) is 5.26 Å². The number of carbonyl (C=O) groups excluding carboxylic acids is 1. The number of halogens is 2. The normalized spacial score (nSPS) is 9.85. The van der Waals surface area contributed by atoms with Gasteiger partial charge in [-0.1, -0.05) is 12.1 Å². The molecule has 0 aliphatic carbocycles. The number of ether oxygens (including phenoxy) is 1. The first-order valence-electron chi connectivity index (χ1n) is 5.71. The highest BCUT2D eigenvalue weighted by Crippen LogP contribution is 2.11. The third-order valence-electron chi connectivity index (χ3n) is 2.52. The summed E-state index contributed by atoms with van der Waals surface area (Å²) in [6, 6.07) is 11.0. The van der Waals surface area contributed by atoms with Crippen LogP contribution in [0.5, 0.6) is 0 Å². The third kappa shape index (κ3) is 3.39. The van der Waals surface area contributed by atoms with Crippen LogP contribution in [-0.2, 0) is 11.3 Å². The number of carbonyl (C=O) groups is 1. The minimum absolute atomic E-state index is 0.0769. The molecule has 0 saturated carbocycles. The molecule has 5 heteroatoms. The predicted molar refractivity (Wildman–Crippen MR) is 66.6 cm³/mol. The Balaban J connectivity index is 2.06. The second-order valence-electron chi connectivity index (χ2n) is 4.05. The van der Waals surface area contributed by atoms with Crippen molar-refractivity contribution in [3.05, 3.63) is 70.8 Å². The van der Waals surface area contributed by atoms with Crippen molar-refractivity contribution in [2.75, 3.05) is 0 Å². The van der Waals surface area contributed by atoms with E-state index in [-0.39, 0.29) is 12.2 Å². The van der Waals surface area contributed by atoms with Crippen molar-refractivity contribution >= 4 is 5.97 Å². The molecule has 0 spiro atoms. The maximum atomic E-state index is 13.0. The van der Waals surface area contributed by atoms with Crippen LogP contribution >= 0.6 is 0 Å². The molecule has 0 saturated heterocycles. The van der Waals surface area contributed by atoms with Gasteiger partial charge in [0.05, 0.1) is 17.2 Å². The number of nitriles is 1. The number of esters is 1. The van der Waals surface area contributed by atoms with Gasteiger partial charge in [0.2, 0.25) is 0 Å². The summed E-state index contributed by atoms with van der Waals surface area (Å²) in [6.45, 7) is -0.0769. The lowest BCUT2D eigenvalue weighted by atomic mass is 10.1. The first kappa shape index (κ1) is 13.7. The van der Waals surface area contributed by atoms with Gasteiger partial charge in [-0.15, -0.1) is 0 Å². The van der Waals surface area contributed by atoms with E-state index in [2.05, 4.69) is 0 Å². The van der Waals surface area contributed by atoms with Crippen molar-refractivity contribution in [3.63, 3.8) is 0 Å². The molecule has 20 heavy (non-hydrogen) atoms. The number of hydrogen-bond donors (Lipinski definition) is 0. The van der Waals surface area contributed by atoms with Gasteiger partial charge in [-0.05, 0) is 29.8 Å². The molecule has 2 rings (SSSR count). The molecular formula is C15H9F2NO2. The maximum Gasteiger partial charge on any atom is 0.338 e. The Morgan fingerprint density at radius 2 is 1.85 bits per heavy atom. The molecular weight excluding hydrogens is 264 g/mol. The van der Waals surface area contributed by atoms with Crippen molar-refractivity contribution in [1.82, 2.24) is 0 Å². The fourth-order valence-electron chi connectivity index (χ4n) is 1.63. The third-order valence-corrected chi connectivity index (χ3v) is 2.52. The molecule has 0 radical (unpaired) electrons. The molecule has 0 unspecified atom stereocenters. The summed E-state index contributed by atoms with van der Waals surface area (Å²) in [5.41, 5.74) is 0.864. The molecule has 0 aromatic heterocycles. The number of nitrogens with zero attached hydrogens (tertiary/aromatic N) is 1. The van der Waals surface area contributed by atoms with Crippen molar-refractivity contribution < 1.29 is 18.3 Å². The summed E-state index contributed by atoms with van der Waals surface area (Å²) in [6.07, 6.45) is 0. The lowest BCUT2D eigenvalue weighted by Gasteiger charge is -2.05. The molecule has 0 aliphatic rings. The van der Waals surface area contributed by atoms with E-state index in [1.807, 2.05) is 6.07 Å². The molecule has 0 amide bonds. The van der Waals surface area contributed by atoms with Gasteiger partial charge < -0.3 is 4.74 Å². The summed E-state index contributed by atoms with van der Waals surface area (Å²) < 4.78 is 30.9. The second-order valence-corrected chi connectivity index (χ2v) is 4.05. The van der Waals surface area contributed by atoms with Gasteiger partial charge in [-0.25, -0.2) is 13.6 Å². The standard InChI is InChI=1S/C15H9F2NO2/c16-13-5-12(6-14(17)7-13)15(19)20-9-11-3-1-2-10(4-11)8-18/h1-7H,9H2. The average Bonchev–Trinajstić information content (AvgIpc) is 2.44. The minimum Gasteiger partial charge on any atom is -0.457 e. The summed E-state index contributed by atoms with van der Waals surface area (Å²) in [5, 5.41) is 8.74. The van der Waals surface area contributed by atoms with Gasteiger partial charge in [-0.3, -0.25) is 0 Å². The Morgan fingerprint density at radius 3 is 2.50 bits per heavy atom. The number of benzene rings is 2. The van der Waals surface area contributed by atoms with Gasteiger partial charge in [0, 0.05) is 6.07 Å². The Kier molecular flexibility index (Phi) is 4.06. The first-order chi connectivity index (χ1) is 9.58. The lowest BCUT2D eigenvalue weighted by molar-refractivity contribution is 0.0471. The molecule has 2 aromatic carbocycles. The molecule has 0 heterocycles. The molecule has 0 aliphatic heterocycles. The highest BCUT2D eigenvalue weighted by Gasteiger charge is 2.10. The Bertz CT molecular complexity index is 672. The van der Waals surface area contributed by atoms with E-state index >= 15 is 0 Å². The van der Waals surface area contributed by atoms with Crippen LogP contribution in [0.3, 0.4) is 0 Å². The van der Waals surface area contributed by atoms with Gasteiger partial charge in [0.1, 0.15) is 18.2 Å². The zero-order chi connectivity index (χ0) is 14.5. The molecule has 0 atom stereocenters. The van der Waals surface area contributed by atoms with E-state index in [0.29, 0.717) is 17.2 Å². The van der Waals surface area contributed by atoms with Crippen molar-refractivity contribution in [2.24, 2.45) is 0 Å². The fraction of sp³-hybridized carbons (Fsp3) is 0.0667. The highest BCUT2D eigenvalue weighted by atomic mass is 19.1. The van der Waals surface area contributed by atoms with Crippen molar-refractivity contribution in [1.29, 1.82) is 5.26 Å². The SMILES string of the molecule is N#Cc1cccc(COC(=O)c2cc(F)cc(F)c2)c1. The largest absolute Gasteiger partial charge is 0.457 e. The first-order valence-corrected chi connectivity index (χ1v) is 5.71. The van der Waals surface area contributed by atoms with Crippen LogP contribution in [0.25, 0.3) is 0 Å². The van der Waals surface area contributed by atoms with E-state index < -0.39 is 17.6 Å². The lowest BCUT2D eigenvalue weighted by Crippen LogP contribution is -2.06. The molecule has 100 valence electrons. The topological polar surface area (TPSA) is 50.1 Å². The Hall–Kier alpha value is -2.74. The van der Waals surface area contributed by atoms with Crippen LogP contribution in [0.15, 0.2) is 42.5 Å². The van der Waals surface area contributed by atoms with Crippen molar-refractivity contribution in [2.45, 2.75) is 6.61 Å². The monoisotopic (exact) mass is 273 g/mol. The van der Waals surface area contributed by atoms with E-state index in [0.717, 1.165) is 12.1 Å². The Morgan fingerprint density at radius 1 is 1.15 bits per heavy atom. The molecule has 0 N–H and O–H groups in total. The van der Waals surface area contributed by atoms with Crippen LogP contribution < -0.4 is 0 Å². The molecule has 2 aromatic rings. The molecule has 3 nitrogen and oxygen atoms in total. The van der Waals surface area contributed by atoms with E-state index in [9.17, 15) is 13.6 Å². The van der Waals surface area contributed by atoms with Crippen molar-refractivity contribution in [3.8, 4) is 6.07 Å². The van der Waals surface area contributed by atoms with E-state index in [1.54, 1.807) is 24.3 Å². The summed E-state index contributed by atoms with van der Waals surface area (Å²) in [5.74, 6) is -2.52. The van der Waals surface area contributed by atoms with E-state index in [1.165, 1.54) is 0 Å². The van der Waals surface area contributed by atoms with Crippen LogP contribution in [0, 0.1) is 23.0 Å². The van der Waals surface area contributed by atoms with Gasteiger partial charge >= 0.3 is 5.97 Å². The number of rotatable bonds is 3. The molecule has 0 fully saturated rings. The highest BCUT2D eigenvalue weighted by molar-refractivity contribution is 5.89. The molecule has 0 bridgehead atoms.